The third-order valence-electron chi connectivity index (χ3n) is 3.05. The van der Waals surface area contributed by atoms with E-state index in [-0.39, 0.29) is 23.0 Å². The first kappa shape index (κ1) is 18.8. The molecule has 1 amide bonds. The second-order valence-corrected chi connectivity index (χ2v) is 5.36. The van der Waals surface area contributed by atoms with Crippen molar-refractivity contribution >= 4 is 23.2 Å². The molecule has 1 aromatic carbocycles. The fourth-order valence-corrected chi connectivity index (χ4v) is 2.22. The Morgan fingerprint density at radius 3 is 2.56 bits per heavy atom. The summed E-state index contributed by atoms with van der Waals surface area (Å²) < 4.78 is 41.1. The van der Waals surface area contributed by atoms with Crippen LogP contribution in [0.25, 0.3) is 0 Å². The fraction of sp³-hybridized carbons (Fsp3) is 0.176. The first-order valence-corrected chi connectivity index (χ1v) is 7.52. The van der Waals surface area contributed by atoms with Crippen molar-refractivity contribution in [2.45, 2.75) is 6.18 Å². The molecule has 0 spiro atoms. The van der Waals surface area contributed by atoms with Gasteiger partial charge in [0.05, 0.1) is 5.56 Å². The van der Waals surface area contributed by atoms with E-state index in [2.05, 4.69) is 16.3 Å². The molecule has 0 saturated heterocycles. The van der Waals surface area contributed by atoms with Crippen LogP contribution in [0.1, 0.15) is 10.4 Å². The fourth-order valence-electron chi connectivity index (χ4n) is 2.00. The molecule has 0 N–H and O–H groups in total. The highest BCUT2D eigenvalue weighted by Gasteiger charge is 2.29. The van der Waals surface area contributed by atoms with E-state index >= 15 is 0 Å². The number of alkyl halides is 3. The average molecular weight is 371 g/mol. The molecule has 2 rings (SSSR count). The number of hydrogen-bond donors (Lipinski definition) is 0. The number of carbonyl (C=O) groups excluding carboxylic acids is 1. The van der Waals surface area contributed by atoms with Gasteiger partial charge < -0.3 is 9.64 Å². The SMILES string of the molecule is C=CCN(C(=O)c1cnc(OCC(F)(F)F)c(Cl)c1)c1ccccc1. The van der Waals surface area contributed by atoms with Crippen molar-refractivity contribution < 1.29 is 22.7 Å². The van der Waals surface area contributed by atoms with Crippen molar-refractivity contribution in [3.63, 3.8) is 0 Å². The summed E-state index contributed by atoms with van der Waals surface area (Å²) in [6.45, 7) is 2.35. The number of amides is 1. The summed E-state index contributed by atoms with van der Waals surface area (Å²) >= 11 is 5.88. The van der Waals surface area contributed by atoms with E-state index in [0.29, 0.717) is 5.69 Å². The maximum Gasteiger partial charge on any atom is 0.422 e. The molecule has 25 heavy (non-hydrogen) atoms. The highest BCUT2D eigenvalue weighted by Crippen LogP contribution is 2.26. The third kappa shape index (κ3) is 5.22. The lowest BCUT2D eigenvalue weighted by atomic mass is 10.2. The van der Waals surface area contributed by atoms with Crippen LogP contribution in [0.3, 0.4) is 0 Å². The zero-order chi connectivity index (χ0) is 18.4. The number of anilines is 1. The number of nitrogens with zero attached hydrogens (tertiary/aromatic N) is 2. The van der Waals surface area contributed by atoms with Crippen molar-refractivity contribution in [3.8, 4) is 5.88 Å². The Bertz CT molecular complexity index is 751. The van der Waals surface area contributed by atoms with Crippen LogP contribution in [0, 0.1) is 0 Å². The van der Waals surface area contributed by atoms with Gasteiger partial charge in [-0.2, -0.15) is 13.2 Å². The van der Waals surface area contributed by atoms with Gasteiger partial charge in [-0.05, 0) is 18.2 Å². The Kier molecular flexibility index (Phi) is 6.03. The van der Waals surface area contributed by atoms with Gasteiger partial charge in [-0.3, -0.25) is 4.79 Å². The van der Waals surface area contributed by atoms with Gasteiger partial charge in [0, 0.05) is 18.4 Å². The number of para-hydroxylation sites is 1. The van der Waals surface area contributed by atoms with Crippen molar-refractivity contribution in [3.05, 3.63) is 65.8 Å². The predicted molar refractivity (Wildman–Crippen MR) is 89.1 cm³/mol. The summed E-state index contributed by atoms with van der Waals surface area (Å²) in [5.74, 6) is -0.798. The van der Waals surface area contributed by atoms with E-state index in [0.717, 1.165) is 6.20 Å². The Morgan fingerprint density at radius 2 is 2.00 bits per heavy atom. The molecule has 0 aliphatic carbocycles. The van der Waals surface area contributed by atoms with Gasteiger partial charge >= 0.3 is 6.18 Å². The van der Waals surface area contributed by atoms with E-state index in [1.54, 1.807) is 30.3 Å². The first-order valence-electron chi connectivity index (χ1n) is 7.14. The molecule has 132 valence electrons. The minimum absolute atomic E-state index is 0.120. The van der Waals surface area contributed by atoms with Crippen LogP contribution in [-0.2, 0) is 0 Å². The molecule has 1 aromatic heterocycles. The Balaban J connectivity index is 2.23. The average Bonchev–Trinajstić information content (AvgIpc) is 2.58. The standard InChI is InChI=1S/C17H14ClF3N2O2/c1-2-8-23(13-6-4-3-5-7-13)16(24)12-9-14(18)15(22-10-12)25-11-17(19,20)21/h2-7,9-10H,1,8,11H2. The minimum Gasteiger partial charge on any atom is -0.467 e. The second kappa shape index (κ2) is 8.02. The van der Waals surface area contributed by atoms with Crippen LogP contribution in [0.2, 0.25) is 5.02 Å². The lowest BCUT2D eigenvalue weighted by Gasteiger charge is -2.21. The molecule has 0 aliphatic rings. The number of hydrogen-bond acceptors (Lipinski definition) is 3. The number of halogens is 4. The highest BCUT2D eigenvalue weighted by atomic mass is 35.5. The molecule has 0 radical (unpaired) electrons. The van der Waals surface area contributed by atoms with Crippen molar-refractivity contribution in [2.75, 3.05) is 18.1 Å². The molecular weight excluding hydrogens is 357 g/mol. The second-order valence-electron chi connectivity index (χ2n) is 4.95. The largest absolute Gasteiger partial charge is 0.467 e. The number of aromatic nitrogens is 1. The molecule has 0 fully saturated rings. The Labute approximate surface area is 147 Å². The quantitative estimate of drug-likeness (QED) is 0.703. The smallest absolute Gasteiger partial charge is 0.422 e. The topological polar surface area (TPSA) is 42.4 Å². The van der Waals surface area contributed by atoms with Crippen LogP contribution >= 0.6 is 11.6 Å². The summed E-state index contributed by atoms with van der Waals surface area (Å²) in [6, 6.07) is 10.1. The maximum absolute atomic E-state index is 12.7. The van der Waals surface area contributed by atoms with Crippen LogP contribution < -0.4 is 9.64 Å². The lowest BCUT2D eigenvalue weighted by molar-refractivity contribution is -0.154. The minimum atomic E-state index is -4.51. The van der Waals surface area contributed by atoms with Gasteiger partial charge in [-0.1, -0.05) is 35.9 Å². The van der Waals surface area contributed by atoms with Crippen LogP contribution in [0.15, 0.2) is 55.3 Å². The molecule has 1 heterocycles. The van der Waals surface area contributed by atoms with Gasteiger partial charge in [-0.25, -0.2) is 4.98 Å². The zero-order valence-corrected chi connectivity index (χ0v) is 13.7. The molecule has 0 saturated carbocycles. The Morgan fingerprint density at radius 1 is 1.32 bits per heavy atom. The van der Waals surface area contributed by atoms with Gasteiger partial charge in [0.1, 0.15) is 5.02 Å². The molecule has 0 bridgehead atoms. The maximum atomic E-state index is 12.7. The van der Waals surface area contributed by atoms with Crippen LogP contribution in [-0.4, -0.2) is 30.2 Å². The van der Waals surface area contributed by atoms with Crippen molar-refractivity contribution in [1.82, 2.24) is 4.98 Å². The van der Waals surface area contributed by atoms with E-state index in [1.807, 2.05) is 6.07 Å². The number of benzene rings is 1. The highest BCUT2D eigenvalue weighted by molar-refractivity contribution is 6.32. The van der Waals surface area contributed by atoms with Gasteiger partial charge in [0.15, 0.2) is 6.61 Å². The number of rotatable bonds is 6. The normalized spacial score (nSPS) is 11.0. The van der Waals surface area contributed by atoms with Crippen LogP contribution in [0.4, 0.5) is 18.9 Å². The molecule has 4 nitrogen and oxygen atoms in total. The van der Waals surface area contributed by atoms with Gasteiger partial charge in [-0.15, -0.1) is 6.58 Å². The van der Waals surface area contributed by atoms with Gasteiger partial charge in [0.2, 0.25) is 5.88 Å². The summed E-state index contributed by atoms with van der Waals surface area (Å²) in [4.78, 5) is 17.8. The molecular formula is C17H14ClF3N2O2. The number of ether oxygens (including phenoxy) is 1. The molecule has 2 aromatic rings. The molecule has 0 aliphatic heterocycles. The third-order valence-corrected chi connectivity index (χ3v) is 3.32. The van der Waals surface area contributed by atoms with Gasteiger partial charge in [0.25, 0.3) is 5.91 Å². The number of pyridine rings is 1. The summed E-state index contributed by atoms with van der Waals surface area (Å²) in [6.07, 6.45) is -1.83. The van der Waals surface area contributed by atoms with Crippen molar-refractivity contribution in [1.29, 1.82) is 0 Å². The summed E-state index contributed by atoms with van der Waals surface area (Å²) in [5.41, 5.74) is 0.760. The lowest BCUT2D eigenvalue weighted by Crippen LogP contribution is -2.31. The van der Waals surface area contributed by atoms with E-state index in [4.69, 9.17) is 11.6 Å². The number of carbonyl (C=O) groups is 1. The summed E-state index contributed by atoms with van der Waals surface area (Å²) in [5, 5.41) is -0.179. The molecule has 8 heteroatoms. The monoisotopic (exact) mass is 370 g/mol. The summed E-state index contributed by atoms with van der Waals surface area (Å²) in [7, 11) is 0. The van der Waals surface area contributed by atoms with E-state index in [1.165, 1.54) is 11.0 Å². The Hall–Kier alpha value is -2.54. The van der Waals surface area contributed by atoms with E-state index in [9.17, 15) is 18.0 Å². The molecule has 0 atom stereocenters. The van der Waals surface area contributed by atoms with Crippen molar-refractivity contribution in [2.24, 2.45) is 0 Å². The zero-order valence-electron chi connectivity index (χ0n) is 13.0. The predicted octanol–water partition coefficient (Wildman–Crippen LogP) is 4.51. The molecule has 0 unspecified atom stereocenters. The van der Waals surface area contributed by atoms with Crippen LogP contribution in [0.5, 0.6) is 5.88 Å². The first-order chi connectivity index (χ1) is 11.8. The van der Waals surface area contributed by atoms with E-state index < -0.39 is 18.7 Å².